The van der Waals surface area contributed by atoms with E-state index in [4.69, 9.17) is 9.84 Å². The summed E-state index contributed by atoms with van der Waals surface area (Å²) in [4.78, 5) is 0. The van der Waals surface area contributed by atoms with E-state index in [9.17, 15) is 0 Å². The molecule has 0 amide bonds. The highest BCUT2D eigenvalue weighted by molar-refractivity contribution is 5.18. The van der Waals surface area contributed by atoms with Gasteiger partial charge in [-0.05, 0) is 6.92 Å². The van der Waals surface area contributed by atoms with E-state index < -0.39 is 0 Å². The van der Waals surface area contributed by atoms with E-state index in [1.54, 1.807) is 7.05 Å². The fraction of sp³-hybridized carbons (Fsp3) is 0.500. The van der Waals surface area contributed by atoms with Crippen molar-refractivity contribution in [3.8, 4) is 11.8 Å². The van der Waals surface area contributed by atoms with E-state index in [1.807, 2.05) is 6.92 Å². The van der Waals surface area contributed by atoms with Gasteiger partial charge >= 0.3 is 0 Å². The molecule has 0 spiro atoms. The largest absolute Gasteiger partial charge is 0.493 e. The van der Waals surface area contributed by atoms with Gasteiger partial charge in [0, 0.05) is 7.05 Å². The fourth-order valence-electron chi connectivity index (χ4n) is 0.650. The summed E-state index contributed by atoms with van der Waals surface area (Å²) in [5, 5.41) is 12.8. The van der Waals surface area contributed by atoms with Crippen molar-refractivity contribution in [2.45, 2.75) is 6.92 Å². The van der Waals surface area contributed by atoms with Crippen molar-refractivity contribution in [1.82, 2.24) is 9.78 Å². The van der Waals surface area contributed by atoms with Crippen LogP contribution in [0.2, 0.25) is 0 Å². The van der Waals surface area contributed by atoms with Crippen LogP contribution in [0.4, 0.5) is 0 Å². The average molecular weight is 142 g/mol. The first-order valence-corrected chi connectivity index (χ1v) is 3.10. The van der Waals surface area contributed by atoms with Gasteiger partial charge in [-0.1, -0.05) is 0 Å². The van der Waals surface area contributed by atoms with Crippen LogP contribution in [-0.4, -0.2) is 21.5 Å². The van der Waals surface area contributed by atoms with Crippen LogP contribution >= 0.6 is 0 Å². The van der Waals surface area contributed by atoms with Gasteiger partial charge in [0.25, 0.3) is 0 Å². The topological polar surface area (TPSA) is 47.3 Å². The van der Waals surface area contributed by atoms with Gasteiger partial charge < -0.3 is 9.84 Å². The van der Waals surface area contributed by atoms with Gasteiger partial charge in [-0.3, -0.25) is 0 Å². The molecule has 0 atom stereocenters. The van der Waals surface area contributed by atoms with Gasteiger partial charge in [0.1, 0.15) is 0 Å². The highest BCUT2D eigenvalue weighted by Gasteiger charge is 2.01. The molecular weight excluding hydrogens is 132 g/mol. The normalized spacial score (nSPS) is 9.80. The molecule has 56 valence electrons. The first kappa shape index (κ1) is 6.92. The molecule has 4 heteroatoms. The molecule has 0 aliphatic rings. The average Bonchev–Trinajstić information content (AvgIpc) is 2.14. The maximum atomic E-state index is 8.99. The van der Waals surface area contributed by atoms with Crippen molar-refractivity contribution >= 4 is 0 Å². The zero-order valence-electron chi connectivity index (χ0n) is 6.03. The Kier molecular flexibility index (Phi) is 1.80. The summed E-state index contributed by atoms with van der Waals surface area (Å²) in [5.74, 6) is 0.575. The number of hydrogen-bond acceptors (Lipinski definition) is 3. The fourth-order valence-corrected chi connectivity index (χ4v) is 0.650. The second-order valence-electron chi connectivity index (χ2n) is 1.90. The summed E-state index contributed by atoms with van der Waals surface area (Å²) < 4.78 is 6.37. The molecule has 0 aliphatic heterocycles. The maximum absolute atomic E-state index is 8.99. The molecule has 1 aromatic heterocycles. The van der Waals surface area contributed by atoms with Crippen LogP contribution in [0.5, 0.6) is 11.8 Å². The molecule has 1 aromatic rings. The lowest BCUT2D eigenvalue weighted by atomic mass is 10.6. The van der Waals surface area contributed by atoms with Gasteiger partial charge in [0.05, 0.1) is 12.7 Å². The standard InChI is InChI=1S/C6H10N2O2/c1-3-10-5-4-6(9)8(2)7-5/h4,9H,3H2,1-2H3. The quantitative estimate of drug-likeness (QED) is 0.655. The number of ether oxygens (including phenoxy) is 1. The molecule has 4 nitrogen and oxygen atoms in total. The van der Waals surface area contributed by atoms with Crippen molar-refractivity contribution in [3.63, 3.8) is 0 Å². The van der Waals surface area contributed by atoms with Crippen LogP contribution in [0.1, 0.15) is 6.92 Å². The lowest BCUT2D eigenvalue weighted by Crippen LogP contribution is -1.93. The first-order valence-electron chi connectivity index (χ1n) is 3.10. The Bertz CT molecular complexity index is 200. The van der Waals surface area contributed by atoms with Crippen LogP contribution in [0, 0.1) is 0 Å². The van der Waals surface area contributed by atoms with Gasteiger partial charge in [-0.15, -0.1) is 5.10 Å². The SMILES string of the molecule is CCOc1cc(O)n(C)n1. The lowest BCUT2D eigenvalue weighted by molar-refractivity contribution is 0.323. The summed E-state index contributed by atoms with van der Waals surface area (Å²) in [7, 11) is 1.65. The third-order valence-electron chi connectivity index (χ3n) is 1.12. The number of nitrogens with zero attached hydrogens (tertiary/aromatic N) is 2. The van der Waals surface area contributed by atoms with E-state index in [-0.39, 0.29) is 5.88 Å². The molecule has 1 N–H and O–H groups in total. The molecule has 0 saturated carbocycles. The minimum atomic E-state index is 0.114. The molecule has 1 rings (SSSR count). The minimum Gasteiger partial charge on any atom is -0.493 e. The number of aryl methyl sites for hydroxylation is 1. The van der Waals surface area contributed by atoms with E-state index in [2.05, 4.69) is 5.10 Å². The van der Waals surface area contributed by atoms with E-state index >= 15 is 0 Å². The van der Waals surface area contributed by atoms with E-state index in [0.29, 0.717) is 12.5 Å². The number of hydrogen-bond donors (Lipinski definition) is 1. The third-order valence-corrected chi connectivity index (χ3v) is 1.12. The molecular formula is C6H10N2O2. The molecule has 1 heterocycles. The minimum absolute atomic E-state index is 0.114. The predicted molar refractivity (Wildman–Crippen MR) is 36.0 cm³/mol. The van der Waals surface area contributed by atoms with Crippen molar-refractivity contribution < 1.29 is 9.84 Å². The van der Waals surface area contributed by atoms with Crippen molar-refractivity contribution in [2.75, 3.05) is 6.61 Å². The Morgan fingerprint density at radius 2 is 2.50 bits per heavy atom. The summed E-state index contributed by atoms with van der Waals surface area (Å²) in [5.41, 5.74) is 0. The zero-order valence-corrected chi connectivity index (χ0v) is 6.03. The highest BCUT2D eigenvalue weighted by atomic mass is 16.5. The van der Waals surface area contributed by atoms with Gasteiger partial charge in [-0.2, -0.15) is 0 Å². The van der Waals surface area contributed by atoms with Crippen LogP contribution in [-0.2, 0) is 7.05 Å². The summed E-state index contributed by atoms with van der Waals surface area (Å²) in [6.07, 6.45) is 0. The molecule has 0 saturated heterocycles. The maximum Gasteiger partial charge on any atom is 0.236 e. The second kappa shape index (κ2) is 2.60. The Morgan fingerprint density at radius 1 is 1.80 bits per heavy atom. The summed E-state index contributed by atoms with van der Waals surface area (Å²) >= 11 is 0. The van der Waals surface area contributed by atoms with E-state index in [1.165, 1.54) is 10.7 Å². The van der Waals surface area contributed by atoms with Gasteiger partial charge in [-0.25, -0.2) is 4.68 Å². The lowest BCUT2D eigenvalue weighted by Gasteiger charge is -1.93. The van der Waals surface area contributed by atoms with Crippen molar-refractivity contribution in [1.29, 1.82) is 0 Å². The Labute approximate surface area is 59.0 Å². The first-order chi connectivity index (χ1) is 4.74. The molecule has 0 aromatic carbocycles. The highest BCUT2D eigenvalue weighted by Crippen LogP contribution is 2.15. The van der Waals surface area contributed by atoms with Crippen LogP contribution in [0.3, 0.4) is 0 Å². The van der Waals surface area contributed by atoms with Crippen molar-refractivity contribution in [2.24, 2.45) is 7.05 Å². The van der Waals surface area contributed by atoms with Crippen LogP contribution < -0.4 is 4.74 Å². The number of aromatic nitrogens is 2. The monoisotopic (exact) mass is 142 g/mol. The van der Waals surface area contributed by atoms with Gasteiger partial charge in [0.15, 0.2) is 0 Å². The third kappa shape index (κ3) is 1.21. The number of aromatic hydroxyl groups is 1. The molecule has 0 unspecified atom stereocenters. The molecule has 0 fully saturated rings. The smallest absolute Gasteiger partial charge is 0.236 e. The summed E-state index contributed by atoms with van der Waals surface area (Å²) in [6.45, 7) is 2.43. The zero-order chi connectivity index (χ0) is 7.56. The van der Waals surface area contributed by atoms with Crippen molar-refractivity contribution in [3.05, 3.63) is 6.07 Å². The number of rotatable bonds is 2. The molecule has 0 bridgehead atoms. The van der Waals surface area contributed by atoms with Gasteiger partial charge in [0.2, 0.25) is 11.8 Å². The Balaban J connectivity index is 2.77. The van der Waals surface area contributed by atoms with Crippen LogP contribution in [0.25, 0.3) is 0 Å². The second-order valence-corrected chi connectivity index (χ2v) is 1.90. The predicted octanol–water partition coefficient (Wildman–Crippen LogP) is 0.524. The summed E-state index contributed by atoms with van der Waals surface area (Å²) in [6, 6.07) is 1.48. The molecule has 0 aliphatic carbocycles. The molecule has 0 radical (unpaired) electrons. The molecule has 10 heavy (non-hydrogen) atoms. The van der Waals surface area contributed by atoms with E-state index in [0.717, 1.165) is 0 Å². The van der Waals surface area contributed by atoms with Crippen LogP contribution in [0.15, 0.2) is 6.07 Å². The Hall–Kier alpha value is -1.19. The Morgan fingerprint density at radius 3 is 2.90 bits per heavy atom.